The number of hydrogen-bond acceptors (Lipinski definition) is 8. The van der Waals surface area contributed by atoms with Crippen molar-refractivity contribution in [1.82, 2.24) is 20.8 Å². The smallest absolute Gasteiger partial charge is 0.408 e. The highest BCUT2D eigenvalue weighted by atomic mass is 16.5. The molecule has 2 heterocycles. The van der Waals surface area contributed by atoms with Crippen molar-refractivity contribution in [2.45, 2.75) is 45.9 Å². The van der Waals surface area contributed by atoms with Crippen LogP contribution >= 0.6 is 0 Å². The maximum Gasteiger partial charge on any atom is 0.408 e. The first-order valence-electron chi connectivity index (χ1n) is 9.96. The van der Waals surface area contributed by atoms with Gasteiger partial charge < -0.3 is 19.8 Å². The van der Waals surface area contributed by atoms with Gasteiger partial charge in [0, 0.05) is 18.8 Å². The van der Waals surface area contributed by atoms with Crippen molar-refractivity contribution >= 4 is 23.6 Å². The summed E-state index contributed by atoms with van der Waals surface area (Å²) in [5.41, 5.74) is 0.811. The fourth-order valence-electron chi connectivity index (χ4n) is 3.22. The van der Waals surface area contributed by atoms with E-state index in [9.17, 15) is 19.2 Å². The van der Waals surface area contributed by atoms with Gasteiger partial charge in [0.2, 0.25) is 17.6 Å². The van der Waals surface area contributed by atoms with Crippen LogP contribution in [0.5, 0.6) is 0 Å². The third-order valence-corrected chi connectivity index (χ3v) is 4.87. The molecule has 164 valence electrons. The number of carbonyl (C=O) groups is 4. The summed E-state index contributed by atoms with van der Waals surface area (Å²) in [6.07, 6.45) is -1.03. The number of fused-ring (bicyclic) bond motifs is 2. The predicted octanol–water partition coefficient (Wildman–Crippen LogP) is 1.34. The highest BCUT2D eigenvalue weighted by molar-refractivity contribution is 6.37. The number of hydrogen-bond donors (Lipinski definition) is 2. The van der Waals surface area contributed by atoms with Crippen LogP contribution in [0.1, 0.15) is 37.6 Å². The molecule has 0 radical (unpaired) electrons. The molecule has 31 heavy (non-hydrogen) atoms. The zero-order valence-corrected chi connectivity index (χ0v) is 17.3. The number of ether oxygens (including phenoxy) is 1. The summed E-state index contributed by atoms with van der Waals surface area (Å²) in [6, 6.07) is 8.25. The largest absolute Gasteiger partial charge is 0.445 e. The Labute approximate surface area is 178 Å². The van der Waals surface area contributed by atoms with Crippen molar-refractivity contribution in [3.63, 3.8) is 0 Å². The summed E-state index contributed by atoms with van der Waals surface area (Å²) in [6.45, 7) is 3.54. The lowest BCUT2D eigenvalue weighted by molar-refractivity contribution is -0.141. The normalized spacial score (nSPS) is 17.2. The van der Waals surface area contributed by atoms with Gasteiger partial charge in [-0.05, 0) is 11.5 Å². The average Bonchev–Trinajstić information content (AvgIpc) is 3.21. The quantitative estimate of drug-likeness (QED) is 0.630. The van der Waals surface area contributed by atoms with Crippen LogP contribution in [0.2, 0.25) is 0 Å². The fourth-order valence-corrected chi connectivity index (χ4v) is 3.22. The molecule has 1 aromatic heterocycles. The maximum absolute atomic E-state index is 12.9. The van der Waals surface area contributed by atoms with Gasteiger partial charge in [-0.25, -0.2) is 4.79 Å². The van der Waals surface area contributed by atoms with Gasteiger partial charge in [0.25, 0.3) is 5.91 Å². The van der Waals surface area contributed by atoms with Gasteiger partial charge >= 0.3 is 6.09 Å². The van der Waals surface area contributed by atoms with Crippen LogP contribution in [0.3, 0.4) is 0 Å². The molecular formula is C21H24N4O6. The summed E-state index contributed by atoms with van der Waals surface area (Å²) in [5, 5.41) is 12.6. The molecular weight excluding hydrogens is 404 g/mol. The Morgan fingerprint density at radius 1 is 1.19 bits per heavy atom. The molecule has 0 saturated carbocycles. The number of ketones is 2. The molecule has 1 aliphatic rings. The first-order chi connectivity index (χ1) is 14.8. The van der Waals surface area contributed by atoms with Crippen molar-refractivity contribution in [2.75, 3.05) is 0 Å². The van der Waals surface area contributed by atoms with Gasteiger partial charge in [-0.15, -0.1) is 10.2 Å². The first kappa shape index (κ1) is 22.1. The molecule has 2 N–H and O–H groups in total. The van der Waals surface area contributed by atoms with Crippen LogP contribution in [0.15, 0.2) is 34.7 Å². The van der Waals surface area contributed by atoms with Gasteiger partial charge in [0.05, 0.1) is 12.6 Å². The molecule has 10 heteroatoms. The van der Waals surface area contributed by atoms with Crippen molar-refractivity contribution < 1.29 is 28.3 Å². The molecule has 0 fully saturated rings. The molecule has 0 saturated heterocycles. The topological polar surface area (TPSA) is 140 Å². The fraction of sp³-hybridized carbons (Fsp3) is 0.429. The van der Waals surface area contributed by atoms with E-state index in [1.165, 1.54) is 0 Å². The van der Waals surface area contributed by atoms with Crippen LogP contribution in [0.4, 0.5) is 4.79 Å². The van der Waals surface area contributed by atoms with Crippen LogP contribution < -0.4 is 10.6 Å². The molecule has 0 aliphatic carbocycles. The molecule has 1 aliphatic heterocycles. The number of amides is 2. The lowest BCUT2D eigenvalue weighted by atomic mass is 9.88. The number of nitrogens with zero attached hydrogens (tertiary/aromatic N) is 2. The van der Waals surface area contributed by atoms with Crippen LogP contribution in [0.25, 0.3) is 0 Å². The SMILES string of the molecule is CC(C)C(NC(=O)OCc1ccccc1)C(=O)CC1Cc2nnc(o2)CNC(=O)C1=O. The second-order valence-electron chi connectivity index (χ2n) is 7.64. The maximum atomic E-state index is 12.9. The monoisotopic (exact) mass is 428 g/mol. The predicted molar refractivity (Wildman–Crippen MR) is 106 cm³/mol. The van der Waals surface area contributed by atoms with Gasteiger partial charge in [0.1, 0.15) is 6.61 Å². The lowest BCUT2D eigenvalue weighted by Gasteiger charge is -2.22. The van der Waals surface area contributed by atoms with Crippen molar-refractivity contribution in [2.24, 2.45) is 11.8 Å². The summed E-state index contributed by atoms with van der Waals surface area (Å²) in [7, 11) is 0. The minimum Gasteiger partial charge on any atom is -0.445 e. The number of aromatic nitrogens is 2. The van der Waals surface area contributed by atoms with E-state index < -0.39 is 35.5 Å². The van der Waals surface area contributed by atoms with E-state index in [1.807, 2.05) is 30.3 Å². The van der Waals surface area contributed by atoms with E-state index in [0.29, 0.717) is 0 Å². The van der Waals surface area contributed by atoms with Gasteiger partial charge in [-0.1, -0.05) is 44.2 Å². The van der Waals surface area contributed by atoms with E-state index in [4.69, 9.17) is 9.15 Å². The van der Waals surface area contributed by atoms with Crippen LogP contribution in [-0.2, 0) is 38.7 Å². The van der Waals surface area contributed by atoms with Gasteiger partial charge in [-0.2, -0.15) is 0 Å². The standard InChI is InChI=1S/C21H24N4O6/c1-12(2)18(23-21(29)30-11-13-6-4-3-5-7-13)15(26)8-14-9-16-24-25-17(31-16)10-22-20(28)19(14)27/h3-7,12,14,18H,8-11H2,1-2H3,(H,22,28)(H,23,29). The average molecular weight is 428 g/mol. The van der Waals surface area contributed by atoms with Crippen molar-refractivity contribution in [3.8, 4) is 0 Å². The van der Waals surface area contributed by atoms with Gasteiger partial charge in [-0.3, -0.25) is 14.4 Å². The number of carbonyl (C=O) groups excluding carboxylic acids is 4. The first-order valence-corrected chi connectivity index (χ1v) is 9.96. The van der Waals surface area contributed by atoms with Gasteiger partial charge in [0.15, 0.2) is 5.78 Å². The van der Waals surface area contributed by atoms with E-state index in [1.54, 1.807) is 13.8 Å². The zero-order valence-electron chi connectivity index (χ0n) is 17.3. The molecule has 2 unspecified atom stereocenters. The Balaban J connectivity index is 1.64. The Morgan fingerprint density at radius 2 is 1.90 bits per heavy atom. The second-order valence-corrected chi connectivity index (χ2v) is 7.64. The minimum absolute atomic E-state index is 0.0335. The van der Waals surface area contributed by atoms with E-state index in [2.05, 4.69) is 20.8 Å². The molecule has 2 bridgehead atoms. The number of Topliss-reactive ketones (excluding diaryl/α,β-unsaturated/α-hetero) is 2. The summed E-state index contributed by atoms with van der Waals surface area (Å²) in [4.78, 5) is 49.8. The van der Waals surface area contributed by atoms with E-state index in [-0.39, 0.29) is 43.7 Å². The molecule has 10 nitrogen and oxygen atoms in total. The molecule has 2 atom stereocenters. The number of alkyl carbamates (subject to hydrolysis) is 1. The molecule has 1 aromatic carbocycles. The Kier molecular flexibility index (Phi) is 7.11. The van der Waals surface area contributed by atoms with E-state index >= 15 is 0 Å². The highest BCUT2D eigenvalue weighted by Gasteiger charge is 2.34. The number of benzene rings is 1. The molecule has 2 aromatic rings. The van der Waals surface area contributed by atoms with E-state index in [0.717, 1.165) is 5.56 Å². The Hall–Kier alpha value is -3.56. The zero-order chi connectivity index (χ0) is 22.4. The van der Waals surface area contributed by atoms with Crippen LogP contribution in [-0.4, -0.2) is 39.8 Å². The van der Waals surface area contributed by atoms with Crippen molar-refractivity contribution in [1.29, 1.82) is 0 Å². The highest BCUT2D eigenvalue weighted by Crippen LogP contribution is 2.18. The third-order valence-electron chi connectivity index (χ3n) is 4.87. The molecule has 0 spiro atoms. The molecule has 2 amide bonds. The number of nitrogens with one attached hydrogen (secondary N) is 2. The Bertz CT molecular complexity index is 956. The van der Waals surface area contributed by atoms with Crippen LogP contribution in [0, 0.1) is 11.8 Å². The molecule has 3 rings (SSSR count). The lowest BCUT2D eigenvalue weighted by Crippen LogP contribution is -2.46. The summed E-state index contributed by atoms with van der Waals surface area (Å²) < 4.78 is 10.6. The second kappa shape index (κ2) is 9.96. The summed E-state index contributed by atoms with van der Waals surface area (Å²) >= 11 is 0. The minimum atomic E-state index is -0.970. The van der Waals surface area contributed by atoms with Crippen molar-refractivity contribution in [3.05, 3.63) is 47.7 Å². The summed E-state index contributed by atoms with van der Waals surface area (Å²) in [5.74, 6) is -2.80. The third kappa shape index (κ3) is 5.97. The Morgan fingerprint density at radius 3 is 2.61 bits per heavy atom. The number of rotatable bonds is 7.